The van der Waals surface area contributed by atoms with E-state index in [-0.39, 0.29) is 5.75 Å². The predicted octanol–water partition coefficient (Wildman–Crippen LogP) is 4.84. The van der Waals surface area contributed by atoms with Crippen molar-refractivity contribution in [3.63, 3.8) is 0 Å². The molecule has 0 saturated carbocycles. The molecule has 16 heavy (non-hydrogen) atoms. The summed E-state index contributed by atoms with van der Waals surface area (Å²) in [5.74, 6) is 0.567. The molecular formula is C13H16Cl2O. The molecule has 0 heterocycles. The molecule has 0 bridgehead atoms. The second kappa shape index (κ2) is 5.60. The van der Waals surface area contributed by atoms with Crippen LogP contribution in [0.4, 0.5) is 0 Å². The molecule has 0 radical (unpaired) electrons. The van der Waals surface area contributed by atoms with Gasteiger partial charge < -0.3 is 5.11 Å². The lowest BCUT2D eigenvalue weighted by atomic mass is 9.95. The van der Waals surface area contributed by atoms with Crippen molar-refractivity contribution < 1.29 is 5.11 Å². The molecule has 0 fully saturated rings. The Morgan fingerprint density at radius 2 is 2.06 bits per heavy atom. The minimum atomic E-state index is 0.139. The zero-order valence-corrected chi connectivity index (χ0v) is 11.1. The van der Waals surface area contributed by atoms with Gasteiger partial charge in [-0.2, -0.15) is 0 Å². The Morgan fingerprint density at radius 1 is 1.44 bits per heavy atom. The smallest absolute Gasteiger partial charge is 0.137 e. The van der Waals surface area contributed by atoms with Crippen molar-refractivity contribution in [1.82, 2.24) is 0 Å². The van der Waals surface area contributed by atoms with Gasteiger partial charge in [-0.05, 0) is 43.4 Å². The first-order valence-corrected chi connectivity index (χ1v) is 5.99. The van der Waals surface area contributed by atoms with Gasteiger partial charge in [-0.1, -0.05) is 42.3 Å². The molecule has 1 atom stereocenters. The Bertz CT molecular complexity index is 399. The van der Waals surface area contributed by atoms with E-state index >= 15 is 0 Å². The molecule has 0 spiro atoms. The van der Waals surface area contributed by atoms with Crippen LogP contribution in [0.1, 0.15) is 25.8 Å². The lowest BCUT2D eigenvalue weighted by Gasteiger charge is -2.12. The number of aromatic hydroxyl groups is 1. The molecule has 0 aliphatic carbocycles. The number of rotatable bonds is 4. The highest BCUT2D eigenvalue weighted by molar-refractivity contribution is 6.35. The molecule has 0 aliphatic heterocycles. The lowest BCUT2D eigenvalue weighted by Crippen LogP contribution is -1.98. The Morgan fingerprint density at radius 3 is 2.62 bits per heavy atom. The fourth-order valence-corrected chi connectivity index (χ4v) is 1.96. The maximum Gasteiger partial charge on any atom is 0.137 e. The average molecular weight is 259 g/mol. The van der Waals surface area contributed by atoms with E-state index in [0.29, 0.717) is 16.0 Å². The summed E-state index contributed by atoms with van der Waals surface area (Å²) in [4.78, 5) is 0. The van der Waals surface area contributed by atoms with E-state index < -0.39 is 0 Å². The molecule has 0 aliphatic rings. The minimum absolute atomic E-state index is 0.139. The first-order valence-electron chi connectivity index (χ1n) is 5.24. The molecule has 1 aromatic rings. The number of allylic oxidation sites excluding steroid dienone is 1. The lowest BCUT2D eigenvalue weighted by molar-refractivity contribution is 0.464. The summed E-state index contributed by atoms with van der Waals surface area (Å²) in [7, 11) is 0. The fourth-order valence-electron chi connectivity index (χ4n) is 1.43. The number of benzene rings is 1. The van der Waals surface area contributed by atoms with Crippen LogP contribution >= 0.6 is 23.2 Å². The van der Waals surface area contributed by atoms with Gasteiger partial charge in [-0.25, -0.2) is 0 Å². The summed E-state index contributed by atoms with van der Waals surface area (Å²) in [5, 5.41) is 10.6. The quantitative estimate of drug-likeness (QED) is 0.767. The topological polar surface area (TPSA) is 20.2 Å². The molecule has 1 N–H and O–H groups in total. The largest absolute Gasteiger partial charge is 0.506 e. The summed E-state index contributed by atoms with van der Waals surface area (Å²) in [5.41, 5.74) is 1.94. The second-order valence-corrected chi connectivity index (χ2v) is 5.03. The molecule has 88 valence electrons. The SMILES string of the molecule is C=C(C)C(C)CCc1cc(Cl)cc(Cl)c1O. The first-order chi connectivity index (χ1) is 7.41. The Labute approximate surface area is 107 Å². The molecule has 3 heteroatoms. The molecule has 1 aromatic carbocycles. The van der Waals surface area contributed by atoms with Crippen LogP contribution in [0.3, 0.4) is 0 Å². The monoisotopic (exact) mass is 258 g/mol. The average Bonchev–Trinajstić information content (AvgIpc) is 2.20. The number of phenolic OH excluding ortho intramolecular Hbond substituents is 1. The van der Waals surface area contributed by atoms with Crippen molar-refractivity contribution in [2.45, 2.75) is 26.7 Å². The van der Waals surface area contributed by atoms with Gasteiger partial charge in [-0.15, -0.1) is 0 Å². The number of hydrogen-bond donors (Lipinski definition) is 1. The number of hydrogen-bond acceptors (Lipinski definition) is 1. The third kappa shape index (κ3) is 3.43. The van der Waals surface area contributed by atoms with Crippen LogP contribution < -0.4 is 0 Å². The molecule has 1 nitrogen and oxygen atoms in total. The third-order valence-electron chi connectivity index (χ3n) is 2.80. The predicted molar refractivity (Wildman–Crippen MR) is 70.4 cm³/mol. The van der Waals surface area contributed by atoms with Crippen molar-refractivity contribution in [3.05, 3.63) is 39.9 Å². The maximum atomic E-state index is 9.76. The Hall–Kier alpha value is -0.660. The van der Waals surface area contributed by atoms with Gasteiger partial charge in [-0.3, -0.25) is 0 Å². The number of phenols is 1. The molecule has 1 rings (SSSR count). The summed E-state index contributed by atoms with van der Waals surface area (Å²) < 4.78 is 0. The van der Waals surface area contributed by atoms with Crippen molar-refractivity contribution >= 4 is 23.2 Å². The summed E-state index contributed by atoms with van der Waals surface area (Å²) in [6.45, 7) is 8.04. The highest BCUT2D eigenvalue weighted by atomic mass is 35.5. The third-order valence-corrected chi connectivity index (χ3v) is 3.30. The first kappa shape index (κ1) is 13.4. The highest BCUT2D eigenvalue weighted by Crippen LogP contribution is 2.32. The highest BCUT2D eigenvalue weighted by Gasteiger charge is 2.10. The molecule has 0 aromatic heterocycles. The van der Waals surface area contributed by atoms with Crippen molar-refractivity contribution in [1.29, 1.82) is 0 Å². The Balaban J connectivity index is 2.78. The Kier molecular flexibility index (Phi) is 4.69. The van der Waals surface area contributed by atoms with Gasteiger partial charge in [0.15, 0.2) is 0 Å². The minimum Gasteiger partial charge on any atom is -0.506 e. The van der Waals surface area contributed by atoms with Gasteiger partial charge in [0.1, 0.15) is 5.75 Å². The fraction of sp³-hybridized carbons (Fsp3) is 0.385. The van der Waals surface area contributed by atoms with Crippen molar-refractivity contribution in [3.8, 4) is 5.75 Å². The zero-order valence-electron chi connectivity index (χ0n) is 9.56. The molecular weight excluding hydrogens is 243 g/mol. The van der Waals surface area contributed by atoms with Crippen LogP contribution in [0.15, 0.2) is 24.3 Å². The number of halogens is 2. The van der Waals surface area contributed by atoms with Gasteiger partial charge in [0, 0.05) is 5.02 Å². The van der Waals surface area contributed by atoms with Crippen molar-refractivity contribution in [2.75, 3.05) is 0 Å². The van der Waals surface area contributed by atoms with Crippen LogP contribution in [-0.4, -0.2) is 5.11 Å². The van der Waals surface area contributed by atoms with E-state index in [1.807, 2.05) is 6.92 Å². The van der Waals surface area contributed by atoms with Gasteiger partial charge in [0.25, 0.3) is 0 Å². The van der Waals surface area contributed by atoms with Crippen LogP contribution in [0.2, 0.25) is 10.0 Å². The van der Waals surface area contributed by atoms with E-state index in [9.17, 15) is 5.11 Å². The number of aryl methyl sites for hydroxylation is 1. The summed E-state index contributed by atoms with van der Waals surface area (Å²) in [6.07, 6.45) is 1.68. The van der Waals surface area contributed by atoms with Gasteiger partial charge in [0.05, 0.1) is 5.02 Å². The zero-order chi connectivity index (χ0) is 12.3. The maximum absolute atomic E-state index is 9.76. The van der Waals surface area contributed by atoms with Crippen LogP contribution in [0, 0.1) is 5.92 Å². The van der Waals surface area contributed by atoms with Crippen LogP contribution in [-0.2, 0) is 6.42 Å². The van der Waals surface area contributed by atoms with Crippen LogP contribution in [0.5, 0.6) is 5.75 Å². The molecule has 0 saturated heterocycles. The van der Waals surface area contributed by atoms with Crippen molar-refractivity contribution in [2.24, 2.45) is 5.92 Å². The van der Waals surface area contributed by atoms with E-state index in [0.717, 1.165) is 24.0 Å². The van der Waals surface area contributed by atoms with E-state index in [1.165, 1.54) is 0 Å². The summed E-state index contributed by atoms with van der Waals surface area (Å²) in [6, 6.07) is 3.30. The molecule has 1 unspecified atom stereocenters. The van der Waals surface area contributed by atoms with Gasteiger partial charge in [0.2, 0.25) is 0 Å². The van der Waals surface area contributed by atoms with E-state index in [4.69, 9.17) is 23.2 Å². The normalized spacial score (nSPS) is 12.5. The summed E-state index contributed by atoms with van der Waals surface area (Å²) >= 11 is 11.7. The van der Waals surface area contributed by atoms with E-state index in [1.54, 1.807) is 12.1 Å². The molecule has 0 amide bonds. The van der Waals surface area contributed by atoms with E-state index in [2.05, 4.69) is 13.5 Å². The van der Waals surface area contributed by atoms with Gasteiger partial charge >= 0.3 is 0 Å². The van der Waals surface area contributed by atoms with Crippen LogP contribution in [0.25, 0.3) is 0 Å². The second-order valence-electron chi connectivity index (χ2n) is 4.18. The standard InChI is InChI=1S/C13H16Cl2O/c1-8(2)9(3)4-5-10-6-11(14)7-12(15)13(10)16/h6-7,9,16H,1,4-5H2,2-3H3.